The monoisotopic (exact) mass is 324 g/mol. The van der Waals surface area contributed by atoms with Crippen molar-refractivity contribution in [1.29, 1.82) is 0 Å². The lowest BCUT2D eigenvalue weighted by Gasteiger charge is -2.09. The average molecular weight is 324 g/mol. The first kappa shape index (κ1) is 16.0. The second-order valence-corrected chi connectivity index (χ2v) is 5.98. The number of H-pyrrole nitrogens is 1. The number of carbonyl (C=O) groups excluding carboxylic acids is 1. The molecule has 2 heterocycles. The van der Waals surface area contributed by atoms with Gasteiger partial charge in [-0.15, -0.1) is 0 Å². The van der Waals surface area contributed by atoms with Crippen molar-refractivity contribution in [3.8, 4) is 5.88 Å². The molecule has 0 aliphatic rings. The number of aromatic amines is 1. The molecule has 0 radical (unpaired) electrons. The number of nitrogens with one attached hydrogen (secondary N) is 2. The van der Waals surface area contributed by atoms with Gasteiger partial charge in [-0.3, -0.25) is 9.89 Å². The van der Waals surface area contributed by atoms with Gasteiger partial charge in [0.2, 0.25) is 5.88 Å². The number of hydrogen-bond donors (Lipinski definition) is 2. The molecule has 2 N–H and O–H groups in total. The zero-order valence-corrected chi connectivity index (χ0v) is 14.0. The minimum absolute atomic E-state index is 0.0828. The third-order valence-electron chi connectivity index (χ3n) is 3.54. The molecule has 0 saturated heterocycles. The Balaban J connectivity index is 1.67. The summed E-state index contributed by atoms with van der Waals surface area (Å²) in [6, 6.07) is 9.54. The molecular formula is C18H20N4O2. The highest BCUT2D eigenvalue weighted by Gasteiger charge is 2.14. The lowest BCUT2D eigenvalue weighted by atomic mass is 10.1. The summed E-state index contributed by atoms with van der Waals surface area (Å²) in [7, 11) is 0. The van der Waals surface area contributed by atoms with Gasteiger partial charge in [-0.2, -0.15) is 5.10 Å². The lowest BCUT2D eigenvalue weighted by molar-refractivity contribution is 0.0947. The maximum Gasteiger partial charge on any atom is 0.272 e. The fourth-order valence-corrected chi connectivity index (χ4v) is 2.39. The summed E-state index contributed by atoms with van der Waals surface area (Å²) in [5, 5.41) is 10.7. The van der Waals surface area contributed by atoms with Gasteiger partial charge in [0.1, 0.15) is 0 Å². The molecule has 0 fully saturated rings. The standard InChI is InChI=1S/C18H20N4O2/c1-11(2)24-16-7-5-13(9-19-16)10-20-18(23)17-14-8-12(3)4-6-15(14)21-22-17/h4-9,11H,10H2,1-3H3,(H,20,23)(H,21,22). The van der Waals surface area contributed by atoms with E-state index in [-0.39, 0.29) is 12.0 Å². The summed E-state index contributed by atoms with van der Waals surface area (Å²) in [4.78, 5) is 16.6. The third kappa shape index (κ3) is 3.53. The molecule has 0 bridgehead atoms. The van der Waals surface area contributed by atoms with Crippen molar-refractivity contribution in [2.24, 2.45) is 0 Å². The largest absolute Gasteiger partial charge is 0.475 e. The Kier molecular flexibility index (Phi) is 4.46. The number of aryl methyl sites for hydroxylation is 1. The summed E-state index contributed by atoms with van der Waals surface area (Å²) in [5.41, 5.74) is 3.24. The van der Waals surface area contributed by atoms with Gasteiger partial charge in [-0.05, 0) is 38.5 Å². The minimum atomic E-state index is -0.214. The van der Waals surface area contributed by atoms with Crippen molar-refractivity contribution in [3.63, 3.8) is 0 Å². The van der Waals surface area contributed by atoms with Crippen LogP contribution in [0.2, 0.25) is 0 Å². The van der Waals surface area contributed by atoms with E-state index in [1.807, 2.05) is 45.0 Å². The maximum atomic E-state index is 12.4. The first-order valence-electron chi connectivity index (χ1n) is 7.87. The molecule has 6 heteroatoms. The average Bonchev–Trinajstić information content (AvgIpc) is 2.96. The van der Waals surface area contributed by atoms with E-state index in [1.54, 1.807) is 12.3 Å². The molecule has 0 atom stereocenters. The Labute approximate surface area is 140 Å². The van der Waals surface area contributed by atoms with E-state index in [2.05, 4.69) is 20.5 Å². The summed E-state index contributed by atoms with van der Waals surface area (Å²) < 4.78 is 5.50. The van der Waals surface area contributed by atoms with Crippen LogP contribution in [0.25, 0.3) is 10.9 Å². The topological polar surface area (TPSA) is 79.9 Å². The van der Waals surface area contributed by atoms with Crippen LogP contribution in [-0.4, -0.2) is 27.2 Å². The highest BCUT2D eigenvalue weighted by atomic mass is 16.5. The van der Waals surface area contributed by atoms with E-state index in [0.717, 1.165) is 22.0 Å². The molecule has 124 valence electrons. The Morgan fingerprint density at radius 1 is 1.29 bits per heavy atom. The molecule has 0 saturated carbocycles. The molecule has 0 aliphatic carbocycles. The number of hydrogen-bond acceptors (Lipinski definition) is 4. The molecule has 0 spiro atoms. The normalized spacial score (nSPS) is 11.0. The first-order valence-corrected chi connectivity index (χ1v) is 7.87. The van der Waals surface area contributed by atoms with Gasteiger partial charge in [-0.1, -0.05) is 17.7 Å². The van der Waals surface area contributed by atoms with Crippen LogP contribution in [0.15, 0.2) is 36.5 Å². The van der Waals surface area contributed by atoms with E-state index >= 15 is 0 Å². The smallest absolute Gasteiger partial charge is 0.272 e. The van der Waals surface area contributed by atoms with Crippen molar-refractivity contribution in [2.75, 3.05) is 0 Å². The molecule has 0 unspecified atom stereocenters. The highest BCUT2D eigenvalue weighted by molar-refractivity contribution is 6.04. The SMILES string of the molecule is Cc1ccc2[nH]nc(C(=O)NCc3ccc(OC(C)C)nc3)c2c1. The number of nitrogens with zero attached hydrogens (tertiary/aromatic N) is 2. The summed E-state index contributed by atoms with van der Waals surface area (Å²) in [6.45, 7) is 6.27. The van der Waals surface area contributed by atoms with Crippen molar-refractivity contribution in [2.45, 2.75) is 33.4 Å². The number of aromatic nitrogens is 3. The Hall–Kier alpha value is -2.89. The van der Waals surface area contributed by atoms with Crippen LogP contribution >= 0.6 is 0 Å². The zero-order chi connectivity index (χ0) is 17.1. The van der Waals surface area contributed by atoms with Crippen LogP contribution in [0.3, 0.4) is 0 Å². The van der Waals surface area contributed by atoms with Gasteiger partial charge in [0.15, 0.2) is 5.69 Å². The van der Waals surface area contributed by atoms with Gasteiger partial charge in [0, 0.05) is 24.2 Å². The van der Waals surface area contributed by atoms with Gasteiger partial charge in [0.25, 0.3) is 5.91 Å². The predicted molar refractivity (Wildman–Crippen MR) is 92.0 cm³/mol. The van der Waals surface area contributed by atoms with Crippen LogP contribution in [-0.2, 0) is 6.54 Å². The number of pyridine rings is 1. The minimum Gasteiger partial charge on any atom is -0.475 e. The quantitative estimate of drug-likeness (QED) is 0.756. The Bertz CT molecular complexity index is 853. The molecule has 3 aromatic rings. The van der Waals surface area contributed by atoms with E-state index in [9.17, 15) is 4.79 Å². The number of fused-ring (bicyclic) bond motifs is 1. The molecular weight excluding hydrogens is 304 g/mol. The molecule has 6 nitrogen and oxygen atoms in total. The van der Waals surface area contributed by atoms with Crippen molar-refractivity contribution in [3.05, 3.63) is 53.3 Å². The number of benzene rings is 1. The summed E-state index contributed by atoms with van der Waals surface area (Å²) >= 11 is 0. The van der Waals surface area contributed by atoms with Crippen LogP contribution < -0.4 is 10.1 Å². The van der Waals surface area contributed by atoms with E-state index in [4.69, 9.17) is 4.74 Å². The second kappa shape index (κ2) is 6.70. The number of ether oxygens (including phenoxy) is 1. The number of rotatable bonds is 5. The van der Waals surface area contributed by atoms with Crippen LogP contribution in [0.4, 0.5) is 0 Å². The van der Waals surface area contributed by atoms with Crippen LogP contribution in [0, 0.1) is 6.92 Å². The first-order chi connectivity index (χ1) is 11.5. The molecule has 0 aliphatic heterocycles. The molecule has 1 amide bonds. The fourth-order valence-electron chi connectivity index (χ4n) is 2.39. The van der Waals surface area contributed by atoms with Gasteiger partial charge < -0.3 is 10.1 Å². The number of carbonyl (C=O) groups is 1. The Morgan fingerprint density at radius 3 is 2.83 bits per heavy atom. The molecule has 3 rings (SSSR count). The maximum absolute atomic E-state index is 12.4. The van der Waals surface area contributed by atoms with Crippen LogP contribution in [0.1, 0.15) is 35.5 Å². The number of amides is 1. The van der Waals surface area contributed by atoms with Gasteiger partial charge in [-0.25, -0.2) is 4.98 Å². The van der Waals surface area contributed by atoms with E-state index in [1.165, 1.54) is 0 Å². The Morgan fingerprint density at radius 2 is 2.12 bits per heavy atom. The van der Waals surface area contributed by atoms with Crippen molar-refractivity contribution < 1.29 is 9.53 Å². The zero-order valence-electron chi connectivity index (χ0n) is 14.0. The highest BCUT2D eigenvalue weighted by Crippen LogP contribution is 2.17. The fraction of sp³-hybridized carbons (Fsp3) is 0.278. The molecule has 24 heavy (non-hydrogen) atoms. The summed E-state index contributed by atoms with van der Waals surface area (Å²) in [6.07, 6.45) is 1.78. The van der Waals surface area contributed by atoms with Crippen molar-refractivity contribution >= 4 is 16.8 Å². The predicted octanol–water partition coefficient (Wildman–Crippen LogP) is 2.98. The van der Waals surface area contributed by atoms with Crippen molar-refractivity contribution in [1.82, 2.24) is 20.5 Å². The van der Waals surface area contributed by atoms with E-state index in [0.29, 0.717) is 18.1 Å². The van der Waals surface area contributed by atoms with Crippen LogP contribution in [0.5, 0.6) is 5.88 Å². The molecule has 2 aromatic heterocycles. The lowest BCUT2D eigenvalue weighted by Crippen LogP contribution is -2.23. The van der Waals surface area contributed by atoms with E-state index < -0.39 is 0 Å². The summed E-state index contributed by atoms with van der Waals surface area (Å²) in [5.74, 6) is 0.364. The second-order valence-electron chi connectivity index (χ2n) is 5.98. The third-order valence-corrected chi connectivity index (χ3v) is 3.54. The molecule has 1 aromatic carbocycles. The van der Waals surface area contributed by atoms with Gasteiger partial charge >= 0.3 is 0 Å². The van der Waals surface area contributed by atoms with Gasteiger partial charge in [0.05, 0.1) is 11.6 Å².